The number of amides is 1. The first-order valence-corrected chi connectivity index (χ1v) is 7.96. The number of carbonyl (C=O) groups is 2. The number of aliphatic imine (C=N–C) groups is 1. The van der Waals surface area contributed by atoms with Gasteiger partial charge in [0.25, 0.3) is 0 Å². The standard InChI is InChI=1S/C18H18N4O4/c19-14(10-15(23)24)17(25)20-13-8-6-11(7-9-13)16-21-18(26-22-16)12-4-2-1-3-5-12/h1-9,14,18H,10,19H2,(H,20,25)(H,21,22)(H,23,24). The van der Waals surface area contributed by atoms with Gasteiger partial charge in [-0.15, -0.1) is 0 Å². The Hall–Kier alpha value is -3.23. The molecule has 8 heteroatoms. The second-order valence-electron chi connectivity index (χ2n) is 5.73. The van der Waals surface area contributed by atoms with Crippen molar-refractivity contribution in [1.29, 1.82) is 0 Å². The van der Waals surface area contributed by atoms with Crippen molar-refractivity contribution in [2.45, 2.75) is 18.7 Å². The van der Waals surface area contributed by atoms with Gasteiger partial charge in [0.1, 0.15) is 0 Å². The van der Waals surface area contributed by atoms with E-state index in [1.165, 1.54) is 0 Å². The van der Waals surface area contributed by atoms with Crippen molar-refractivity contribution in [2.24, 2.45) is 10.7 Å². The molecule has 1 aliphatic rings. The average molecular weight is 354 g/mol. The van der Waals surface area contributed by atoms with E-state index < -0.39 is 30.6 Å². The molecule has 3 rings (SSSR count). The summed E-state index contributed by atoms with van der Waals surface area (Å²) in [6.07, 6.45) is -0.845. The lowest BCUT2D eigenvalue weighted by molar-refractivity contribution is -0.138. The number of amidine groups is 1. The van der Waals surface area contributed by atoms with E-state index >= 15 is 0 Å². The molecule has 0 radical (unpaired) electrons. The SMILES string of the molecule is NC(CC(=O)O)C(=O)Nc1ccc(C2=NC(c3ccccc3)ON2)cc1. The number of benzene rings is 2. The van der Waals surface area contributed by atoms with Crippen LogP contribution in [-0.2, 0) is 14.4 Å². The highest BCUT2D eigenvalue weighted by molar-refractivity contribution is 6.00. The maximum absolute atomic E-state index is 11.8. The summed E-state index contributed by atoms with van der Waals surface area (Å²) >= 11 is 0. The van der Waals surface area contributed by atoms with Crippen molar-refractivity contribution in [2.75, 3.05) is 5.32 Å². The number of anilines is 1. The molecule has 8 nitrogen and oxygen atoms in total. The summed E-state index contributed by atoms with van der Waals surface area (Å²) < 4.78 is 0. The molecule has 134 valence electrons. The normalized spacial score (nSPS) is 17.1. The number of carbonyl (C=O) groups excluding carboxylic acids is 1. The molecule has 2 atom stereocenters. The lowest BCUT2D eigenvalue weighted by atomic mass is 10.1. The topological polar surface area (TPSA) is 126 Å². The van der Waals surface area contributed by atoms with E-state index in [0.717, 1.165) is 11.1 Å². The van der Waals surface area contributed by atoms with Gasteiger partial charge in [-0.3, -0.25) is 9.59 Å². The summed E-state index contributed by atoms with van der Waals surface area (Å²) in [6.45, 7) is 0. The third-order valence-corrected chi connectivity index (χ3v) is 3.76. The van der Waals surface area contributed by atoms with Gasteiger partial charge in [0.05, 0.1) is 12.5 Å². The molecule has 0 saturated carbocycles. The number of carboxylic acid groups (broad SMARTS) is 1. The molecule has 1 amide bonds. The van der Waals surface area contributed by atoms with E-state index in [-0.39, 0.29) is 0 Å². The fraction of sp³-hybridized carbons (Fsp3) is 0.167. The van der Waals surface area contributed by atoms with Crippen LogP contribution < -0.4 is 16.5 Å². The number of hydroxylamine groups is 1. The van der Waals surface area contributed by atoms with Crippen molar-refractivity contribution >= 4 is 23.4 Å². The molecule has 26 heavy (non-hydrogen) atoms. The van der Waals surface area contributed by atoms with Gasteiger partial charge >= 0.3 is 5.97 Å². The molecule has 0 aliphatic carbocycles. The first-order chi connectivity index (χ1) is 12.5. The Morgan fingerprint density at radius 1 is 1.19 bits per heavy atom. The molecule has 5 N–H and O–H groups in total. The minimum absolute atomic E-state index is 0.417. The summed E-state index contributed by atoms with van der Waals surface area (Å²) in [4.78, 5) is 32.4. The van der Waals surface area contributed by atoms with Crippen LogP contribution >= 0.6 is 0 Å². The van der Waals surface area contributed by atoms with E-state index in [1.54, 1.807) is 24.3 Å². The number of nitrogens with one attached hydrogen (secondary N) is 2. The molecule has 0 saturated heterocycles. The number of hydrogen-bond acceptors (Lipinski definition) is 6. The fourth-order valence-electron chi connectivity index (χ4n) is 2.40. The predicted octanol–water partition coefficient (Wildman–Crippen LogP) is 1.41. The van der Waals surface area contributed by atoms with E-state index in [9.17, 15) is 9.59 Å². The Bertz CT molecular complexity index is 821. The maximum Gasteiger partial charge on any atom is 0.305 e. The van der Waals surface area contributed by atoms with Crippen molar-refractivity contribution in [3.8, 4) is 0 Å². The summed E-state index contributed by atoms with van der Waals surface area (Å²) in [5.41, 5.74) is 10.6. The van der Waals surface area contributed by atoms with E-state index in [1.807, 2.05) is 30.3 Å². The minimum Gasteiger partial charge on any atom is -0.481 e. The number of rotatable bonds is 6. The molecule has 2 aromatic rings. The zero-order chi connectivity index (χ0) is 18.5. The Balaban J connectivity index is 1.65. The summed E-state index contributed by atoms with van der Waals surface area (Å²) in [7, 11) is 0. The average Bonchev–Trinajstić information content (AvgIpc) is 3.12. The molecule has 0 spiro atoms. The second kappa shape index (κ2) is 7.77. The smallest absolute Gasteiger partial charge is 0.305 e. The molecule has 2 unspecified atom stereocenters. The van der Waals surface area contributed by atoms with Crippen LogP contribution in [0.3, 0.4) is 0 Å². The second-order valence-corrected chi connectivity index (χ2v) is 5.73. The number of hydrogen-bond donors (Lipinski definition) is 4. The van der Waals surface area contributed by atoms with Crippen molar-refractivity contribution < 1.29 is 19.5 Å². The molecule has 0 aromatic heterocycles. The lowest BCUT2D eigenvalue weighted by Gasteiger charge is -2.10. The van der Waals surface area contributed by atoms with Crippen LogP contribution in [0.25, 0.3) is 0 Å². The van der Waals surface area contributed by atoms with Crippen LogP contribution in [0, 0.1) is 0 Å². The highest BCUT2D eigenvalue weighted by Gasteiger charge is 2.21. The van der Waals surface area contributed by atoms with Gasteiger partial charge in [0.2, 0.25) is 12.1 Å². The number of carboxylic acids is 1. The summed E-state index contributed by atoms with van der Waals surface area (Å²) in [5, 5.41) is 11.2. The van der Waals surface area contributed by atoms with Crippen molar-refractivity contribution in [1.82, 2.24) is 5.48 Å². The van der Waals surface area contributed by atoms with E-state index in [4.69, 9.17) is 15.7 Å². The van der Waals surface area contributed by atoms with Crippen LogP contribution in [0.15, 0.2) is 59.6 Å². The van der Waals surface area contributed by atoms with Crippen LogP contribution in [0.1, 0.15) is 23.8 Å². The third kappa shape index (κ3) is 4.24. The summed E-state index contributed by atoms with van der Waals surface area (Å²) in [6, 6.07) is 15.4. The summed E-state index contributed by atoms with van der Waals surface area (Å²) in [5.74, 6) is -1.09. The highest BCUT2D eigenvalue weighted by Crippen LogP contribution is 2.23. The Morgan fingerprint density at radius 3 is 2.54 bits per heavy atom. The first-order valence-electron chi connectivity index (χ1n) is 7.96. The lowest BCUT2D eigenvalue weighted by Crippen LogP contribution is -2.37. The maximum atomic E-state index is 11.8. The zero-order valence-corrected chi connectivity index (χ0v) is 13.8. The number of aliphatic carboxylic acids is 1. The van der Waals surface area contributed by atoms with Gasteiger partial charge in [0, 0.05) is 16.8 Å². The van der Waals surface area contributed by atoms with Crippen LogP contribution in [-0.4, -0.2) is 28.9 Å². The largest absolute Gasteiger partial charge is 0.481 e. The van der Waals surface area contributed by atoms with Gasteiger partial charge in [-0.25, -0.2) is 15.3 Å². The molecule has 0 bridgehead atoms. The van der Waals surface area contributed by atoms with E-state index in [2.05, 4.69) is 15.8 Å². The van der Waals surface area contributed by atoms with E-state index in [0.29, 0.717) is 11.5 Å². The predicted molar refractivity (Wildman–Crippen MR) is 95.2 cm³/mol. The molecule has 1 aliphatic heterocycles. The van der Waals surface area contributed by atoms with Crippen molar-refractivity contribution in [3.63, 3.8) is 0 Å². The Morgan fingerprint density at radius 2 is 1.88 bits per heavy atom. The van der Waals surface area contributed by atoms with Gasteiger partial charge in [0.15, 0.2) is 5.84 Å². The number of nitrogens with two attached hydrogens (primary N) is 1. The number of nitrogens with zero attached hydrogens (tertiary/aromatic N) is 1. The minimum atomic E-state index is -1.12. The molecule has 2 aromatic carbocycles. The van der Waals surface area contributed by atoms with Crippen molar-refractivity contribution in [3.05, 3.63) is 65.7 Å². The third-order valence-electron chi connectivity index (χ3n) is 3.76. The quantitative estimate of drug-likeness (QED) is 0.621. The Kier molecular flexibility index (Phi) is 5.26. The van der Waals surface area contributed by atoms with Crippen LogP contribution in [0.5, 0.6) is 0 Å². The van der Waals surface area contributed by atoms with Gasteiger partial charge in [-0.2, -0.15) is 0 Å². The van der Waals surface area contributed by atoms with Crippen LogP contribution in [0.4, 0.5) is 5.69 Å². The van der Waals surface area contributed by atoms with Gasteiger partial charge in [-0.05, 0) is 24.3 Å². The highest BCUT2D eigenvalue weighted by atomic mass is 16.7. The molecular formula is C18H18N4O4. The first kappa shape index (κ1) is 17.6. The zero-order valence-electron chi connectivity index (χ0n) is 13.8. The van der Waals surface area contributed by atoms with Gasteiger partial charge in [-0.1, -0.05) is 30.3 Å². The van der Waals surface area contributed by atoms with Gasteiger partial charge < -0.3 is 16.2 Å². The Labute approximate surface area is 149 Å². The monoisotopic (exact) mass is 354 g/mol. The fourth-order valence-corrected chi connectivity index (χ4v) is 2.40. The van der Waals surface area contributed by atoms with Crippen LogP contribution in [0.2, 0.25) is 0 Å². The molecular weight excluding hydrogens is 336 g/mol. The molecule has 0 fully saturated rings. The molecule has 1 heterocycles.